The number of halogens is 3. The lowest BCUT2D eigenvalue weighted by Gasteiger charge is -2.33. The zero-order chi connectivity index (χ0) is 14.1. The van der Waals surface area contributed by atoms with E-state index >= 15 is 0 Å². The highest BCUT2D eigenvalue weighted by atomic mass is 19.4. The Kier molecular flexibility index (Phi) is 3.56. The van der Waals surface area contributed by atoms with Gasteiger partial charge in [-0.2, -0.15) is 13.2 Å². The lowest BCUT2D eigenvalue weighted by Crippen LogP contribution is -2.43. The molecule has 1 atom stereocenters. The molecule has 0 amide bonds. The summed E-state index contributed by atoms with van der Waals surface area (Å²) in [5, 5.41) is 15.5. The summed E-state index contributed by atoms with van der Waals surface area (Å²) >= 11 is 0. The number of benzene rings is 1. The van der Waals surface area contributed by atoms with E-state index in [9.17, 15) is 13.2 Å². The fourth-order valence-corrected chi connectivity index (χ4v) is 2.05. The molecular weight excluding hydrogens is 256 g/mol. The Bertz CT molecular complexity index is 508. The highest BCUT2D eigenvalue weighted by Crippen LogP contribution is 2.52. The average Bonchev–Trinajstić information content (AvgIpc) is 2.38. The van der Waals surface area contributed by atoms with Crippen molar-refractivity contribution >= 4 is 12.7 Å². The summed E-state index contributed by atoms with van der Waals surface area (Å²) < 4.78 is 38.9. The van der Waals surface area contributed by atoms with E-state index in [0.29, 0.717) is 5.57 Å². The van der Waals surface area contributed by atoms with Crippen LogP contribution in [0.5, 0.6) is 0 Å². The lowest BCUT2D eigenvalue weighted by atomic mass is 9.54. The molecular formula is C13H12BF3O2. The van der Waals surface area contributed by atoms with E-state index < -0.39 is 25.0 Å². The van der Waals surface area contributed by atoms with Crippen LogP contribution in [0.3, 0.4) is 0 Å². The molecule has 1 unspecified atom stereocenters. The maximum atomic E-state index is 13.0. The minimum absolute atomic E-state index is 0.491. The number of hydrogen-bond acceptors (Lipinski definition) is 2. The number of rotatable bonds is 2. The second-order valence-corrected chi connectivity index (χ2v) is 4.47. The molecule has 1 aliphatic rings. The Hall–Kier alpha value is -1.53. The molecule has 1 aromatic rings. The number of alkyl halides is 3. The molecule has 19 heavy (non-hydrogen) atoms. The van der Waals surface area contributed by atoms with Crippen LogP contribution in [0.2, 0.25) is 5.31 Å². The second kappa shape index (κ2) is 4.87. The van der Waals surface area contributed by atoms with Gasteiger partial charge in [-0.3, -0.25) is 0 Å². The first-order valence-electron chi connectivity index (χ1n) is 5.74. The first kappa shape index (κ1) is 13.9. The van der Waals surface area contributed by atoms with Crippen LogP contribution in [-0.4, -0.2) is 23.3 Å². The van der Waals surface area contributed by atoms with Crippen molar-refractivity contribution in [2.45, 2.75) is 17.9 Å². The molecule has 0 saturated carbocycles. The summed E-state index contributed by atoms with van der Waals surface area (Å²) in [6.45, 7) is 0. The highest BCUT2D eigenvalue weighted by molar-refractivity contribution is 6.47. The van der Waals surface area contributed by atoms with Crippen LogP contribution >= 0.6 is 0 Å². The van der Waals surface area contributed by atoms with Crippen LogP contribution in [0.4, 0.5) is 13.2 Å². The Labute approximate surface area is 109 Å². The molecule has 0 spiro atoms. The average molecular weight is 268 g/mol. The molecule has 0 bridgehead atoms. The van der Waals surface area contributed by atoms with Gasteiger partial charge in [-0.25, -0.2) is 0 Å². The topological polar surface area (TPSA) is 40.5 Å². The van der Waals surface area contributed by atoms with E-state index in [1.54, 1.807) is 24.3 Å². The van der Waals surface area contributed by atoms with Gasteiger partial charge in [0.2, 0.25) is 0 Å². The zero-order valence-electron chi connectivity index (χ0n) is 9.93. The largest absolute Gasteiger partial charge is 0.471 e. The van der Waals surface area contributed by atoms with Crippen molar-refractivity contribution in [1.29, 1.82) is 0 Å². The van der Waals surface area contributed by atoms with Crippen molar-refractivity contribution in [3.63, 3.8) is 0 Å². The van der Waals surface area contributed by atoms with E-state index in [1.165, 1.54) is 12.2 Å². The minimum Gasteiger partial charge on any atom is -0.426 e. The van der Waals surface area contributed by atoms with Crippen LogP contribution in [0.15, 0.2) is 48.6 Å². The first-order chi connectivity index (χ1) is 8.87. The van der Waals surface area contributed by atoms with Crippen LogP contribution in [-0.2, 0) is 0 Å². The van der Waals surface area contributed by atoms with Gasteiger partial charge in [-0.1, -0.05) is 48.6 Å². The molecule has 6 heteroatoms. The SMILES string of the molecule is OB(O)C1(C(F)(F)F)C=CC(c2ccccc2)=CC1. The summed E-state index contributed by atoms with van der Waals surface area (Å²) in [4.78, 5) is 0. The minimum atomic E-state index is -4.71. The fourth-order valence-electron chi connectivity index (χ4n) is 2.05. The van der Waals surface area contributed by atoms with Gasteiger partial charge in [-0.05, 0) is 17.6 Å². The van der Waals surface area contributed by atoms with Gasteiger partial charge >= 0.3 is 13.3 Å². The molecule has 2 nitrogen and oxygen atoms in total. The predicted octanol–water partition coefficient (Wildman–Crippen LogP) is 2.81. The molecule has 1 aromatic carbocycles. The van der Waals surface area contributed by atoms with Crippen LogP contribution < -0.4 is 0 Å². The van der Waals surface area contributed by atoms with Crippen molar-refractivity contribution in [2.75, 3.05) is 0 Å². The molecule has 0 aliphatic heterocycles. The maximum Gasteiger partial charge on any atom is 0.471 e. The van der Waals surface area contributed by atoms with Crippen LogP contribution in [0, 0.1) is 0 Å². The highest BCUT2D eigenvalue weighted by Gasteiger charge is 2.60. The quantitative estimate of drug-likeness (QED) is 0.809. The molecule has 0 heterocycles. The monoisotopic (exact) mass is 268 g/mol. The van der Waals surface area contributed by atoms with Crippen molar-refractivity contribution in [3.8, 4) is 0 Å². The molecule has 0 radical (unpaired) electrons. The normalized spacial score (nSPS) is 23.1. The summed E-state index contributed by atoms with van der Waals surface area (Å²) in [6.07, 6.45) is -1.71. The smallest absolute Gasteiger partial charge is 0.426 e. The van der Waals surface area contributed by atoms with Gasteiger partial charge < -0.3 is 10.0 Å². The maximum absolute atomic E-state index is 13.0. The molecule has 0 saturated heterocycles. The molecule has 100 valence electrons. The summed E-state index contributed by atoms with van der Waals surface area (Å²) in [7, 11) is -2.47. The Morgan fingerprint density at radius 2 is 1.74 bits per heavy atom. The van der Waals surface area contributed by atoms with Crippen molar-refractivity contribution < 1.29 is 23.2 Å². The zero-order valence-corrected chi connectivity index (χ0v) is 9.93. The van der Waals surface area contributed by atoms with Crippen molar-refractivity contribution in [1.82, 2.24) is 0 Å². The van der Waals surface area contributed by atoms with E-state index in [4.69, 9.17) is 10.0 Å². The van der Waals surface area contributed by atoms with Gasteiger partial charge in [0.25, 0.3) is 0 Å². The third-order valence-electron chi connectivity index (χ3n) is 3.32. The standard InChI is InChI=1S/C13H12BF3O2/c15-13(16,17)12(14(18)19)8-6-11(7-9-12)10-4-2-1-3-5-10/h1-8,18-19H,9H2. The Morgan fingerprint density at radius 3 is 2.16 bits per heavy atom. The van der Waals surface area contributed by atoms with Crippen LogP contribution in [0.1, 0.15) is 12.0 Å². The molecule has 1 aliphatic carbocycles. The fraction of sp³-hybridized carbons (Fsp3) is 0.231. The number of hydrogen-bond donors (Lipinski definition) is 2. The van der Waals surface area contributed by atoms with Crippen molar-refractivity contribution in [2.24, 2.45) is 0 Å². The van der Waals surface area contributed by atoms with Crippen LogP contribution in [0.25, 0.3) is 5.57 Å². The van der Waals surface area contributed by atoms with Gasteiger partial charge in [0.1, 0.15) is 5.31 Å². The third kappa shape index (κ3) is 2.46. The molecule has 2 rings (SSSR count). The van der Waals surface area contributed by atoms with E-state index in [-0.39, 0.29) is 0 Å². The van der Waals surface area contributed by atoms with Gasteiger partial charge in [0.15, 0.2) is 0 Å². The lowest BCUT2D eigenvalue weighted by molar-refractivity contribution is -0.159. The van der Waals surface area contributed by atoms with Gasteiger partial charge in [0.05, 0.1) is 0 Å². The predicted molar refractivity (Wildman–Crippen MR) is 67.1 cm³/mol. The molecule has 0 fully saturated rings. The molecule has 2 N–H and O–H groups in total. The Balaban J connectivity index is 2.31. The van der Waals surface area contributed by atoms with Gasteiger partial charge in [0, 0.05) is 0 Å². The van der Waals surface area contributed by atoms with E-state index in [1.807, 2.05) is 6.07 Å². The van der Waals surface area contributed by atoms with E-state index in [0.717, 1.165) is 11.6 Å². The summed E-state index contributed by atoms with van der Waals surface area (Å²) in [5.41, 5.74) is 1.43. The first-order valence-corrected chi connectivity index (χ1v) is 5.74. The van der Waals surface area contributed by atoms with Crippen molar-refractivity contribution in [3.05, 3.63) is 54.1 Å². The third-order valence-corrected chi connectivity index (χ3v) is 3.32. The second-order valence-electron chi connectivity index (χ2n) is 4.47. The van der Waals surface area contributed by atoms with Gasteiger partial charge in [-0.15, -0.1) is 0 Å². The summed E-state index contributed by atoms with van der Waals surface area (Å²) in [6, 6.07) is 8.96. The van der Waals surface area contributed by atoms with E-state index in [2.05, 4.69) is 0 Å². The Morgan fingerprint density at radius 1 is 1.11 bits per heavy atom. The molecule has 0 aromatic heterocycles. The summed E-state index contributed by atoms with van der Waals surface area (Å²) in [5.74, 6) is 0. The number of allylic oxidation sites excluding steroid dienone is 4.